The van der Waals surface area contributed by atoms with Gasteiger partial charge >= 0.3 is 0 Å². The number of hydrogen-bond donors (Lipinski definition) is 1. The Bertz CT molecular complexity index is 2090. The van der Waals surface area contributed by atoms with Crippen molar-refractivity contribution in [1.82, 2.24) is 4.90 Å². The highest BCUT2D eigenvalue weighted by Gasteiger charge is 2.44. The average Bonchev–Trinajstić information content (AvgIpc) is 3.37. The van der Waals surface area contributed by atoms with Crippen LogP contribution in [0.15, 0.2) is 126 Å². The van der Waals surface area contributed by atoms with Crippen molar-refractivity contribution in [3.63, 3.8) is 0 Å². The molecule has 7 heteroatoms. The van der Waals surface area contributed by atoms with Gasteiger partial charge in [-0.1, -0.05) is 107 Å². The molecule has 2 heterocycles. The molecule has 266 valence electrons. The van der Waals surface area contributed by atoms with E-state index in [-0.39, 0.29) is 16.2 Å². The summed E-state index contributed by atoms with van der Waals surface area (Å²) in [6.45, 7) is 14.3. The molecule has 0 saturated carbocycles. The van der Waals surface area contributed by atoms with Crippen molar-refractivity contribution in [2.75, 3.05) is 14.1 Å². The van der Waals surface area contributed by atoms with E-state index in [1.54, 1.807) is 0 Å². The van der Waals surface area contributed by atoms with Crippen LogP contribution in [-0.2, 0) is 11.8 Å². The van der Waals surface area contributed by atoms with Crippen LogP contribution < -0.4 is 14.0 Å². The van der Waals surface area contributed by atoms with Gasteiger partial charge in [-0.05, 0) is 95.7 Å². The monoisotopic (exact) mass is 705 g/mol. The third-order valence-electron chi connectivity index (χ3n) is 11.0. The summed E-state index contributed by atoms with van der Waals surface area (Å²) in [5.41, 5.74) is 14.3. The van der Waals surface area contributed by atoms with Gasteiger partial charge in [0.05, 0.1) is 20.3 Å². The maximum absolute atomic E-state index is 8.60. The predicted molar refractivity (Wildman–Crippen MR) is 199 cm³/mol. The molecule has 2 aliphatic heterocycles. The first-order valence-electron chi connectivity index (χ1n) is 17.7. The third kappa shape index (κ3) is 7.35. The predicted octanol–water partition coefficient (Wildman–Crippen LogP) is 6.72. The molecule has 6 nitrogen and oxygen atoms in total. The SMILES string of the molecule is CN1C(=CC=CC2=CC(=CC=CC3=[N+](C)c4ccc5ccccc5c4C3(C)C)CC(C)(C)C2)C(C)(C)C2=C1CCc1ccccc12.[O-][Cl+3]([O-])([O-])O. The lowest BCUT2D eigenvalue weighted by molar-refractivity contribution is -1.92. The minimum atomic E-state index is -4.69. The summed E-state index contributed by atoms with van der Waals surface area (Å²) in [4.78, 5) is 2.46. The van der Waals surface area contributed by atoms with E-state index in [0.29, 0.717) is 0 Å². The van der Waals surface area contributed by atoms with Gasteiger partial charge in [0.15, 0.2) is 5.71 Å². The summed E-state index contributed by atoms with van der Waals surface area (Å²) in [5.74, 6) is 0. The zero-order valence-corrected chi connectivity index (χ0v) is 31.8. The van der Waals surface area contributed by atoms with Gasteiger partial charge in [0, 0.05) is 41.6 Å². The molecule has 3 aromatic rings. The van der Waals surface area contributed by atoms with Crippen LogP contribution >= 0.6 is 0 Å². The lowest BCUT2D eigenvalue weighted by atomic mass is 9.74. The van der Waals surface area contributed by atoms with Gasteiger partial charge in [0.2, 0.25) is 5.69 Å². The molecular weight excluding hydrogens is 656 g/mol. The van der Waals surface area contributed by atoms with Crippen LogP contribution in [0.1, 0.15) is 77.5 Å². The molecule has 0 saturated heterocycles. The Morgan fingerprint density at radius 1 is 0.804 bits per heavy atom. The summed E-state index contributed by atoms with van der Waals surface area (Å²) in [5, 5.41) is 2.67. The van der Waals surface area contributed by atoms with Gasteiger partial charge in [0.25, 0.3) is 0 Å². The van der Waals surface area contributed by atoms with Crippen LogP contribution in [0.3, 0.4) is 0 Å². The topological polar surface area (TPSA) is 95.7 Å². The summed E-state index contributed by atoms with van der Waals surface area (Å²) in [6.07, 6.45) is 20.8. The molecule has 0 amide bonds. The minimum absolute atomic E-state index is 0.0220. The van der Waals surface area contributed by atoms with E-state index in [0.717, 1.165) is 25.7 Å². The molecule has 0 spiro atoms. The molecule has 1 N–H and O–H groups in total. The van der Waals surface area contributed by atoms with Crippen LogP contribution in [0.4, 0.5) is 5.69 Å². The van der Waals surface area contributed by atoms with Gasteiger partial charge < -0.3 is 4.90 Å². The maximum Gasteiger partial charge on any atom is 0.210 e. The van der Waals surface area contributed by atoms with Gasteiger partial charge in [-0.25, -0.2) is 0 Å². The standard InChI is InChI=1S/C44H49N2.ClHO4/c1-42(2)28-30(15-13-21-38-43(3,4)40-34-19-11-9-17-32(34)23-25-36(40)45(38)7)27-31(29-42)16-14-22-39-44(5,6)41-35-20-12-10-18-33(35)24-26-37(41)46(39)8;2-1(3,4)5/h9-23,25,27H,24,26,28-29H2,1-8H3;(H,2,3,4,5)/q+1;. The first kappa shape index (κ1) is 36.7. The lowest BCUT2D eigenvalue weighted by Crippen LogP contribution is -2.58. The molecule has 51 heavy (non-hydrogen) atoms. The van der Waals surface area contributed by atoms with Gasteiger partial charge in [-0.3, -0.25) is 0 Å². The molecule has 0 aromatic heterocycles. The molecule has 2 aliphatic carbocycles. The van der Waals surface area contributed by atoms with E-state index in [2.05, 4.69) is 168 Å². The summed E-state index contributed by atoms with van der Waals surface area (Å²) >= 11 is 0. The third-order valence-corrected chi connectivity index (χ3v) is 11.0. The number of halogens is 1. The second-order valence-electron chi connectivity index (χ2n) is 16.1. The van der Waals surface area contributed by atoms with Crippen LogP contribution in [0.2, 0.25) is 0 Å². The van der Waals surface area contributed by atoms with Crippen LogP contribution in [0.5, 0.6) is 0 Å². The van der Waals surface area contributed by atoms with E-state index in [9.17, 15) is 0 Å². The molecular formula is C44H50ClN2O4+. The Balaban J connectivity index is 0.000000839. The van der Waals surface area contributed by atoms with Crippen LogP contribution in [0.25, 0.3) is 16.3 Å². The lowest BCUT2D eigenvalue weighted by Gasteiger charge is -2.30. The van der Waals surface area contributed by atoms with E-state index in [1.807, 2.05) is 0 Å². The quantitative estimate of drug-likeness (QED) is 0.304. The van der Waals surface area contributed by atoms with Crippen LogP contribution in [0, 0.1) is 21.1 Å². The summed E-state index contributed by atoms with van der Waals surface area (Å²) in [6, 6.07) is 22.3. The summed E-state index contributed by atoms with van der Waals surface area (Å²) in [7, 11) is -0.222. The second-order valence-corrected chi connectivity index (χ2v) is 16.8. The van der Waals surface area contributed by atoms with Gasteiger partial charge in [-0.2, -0.15) is 18.6 Å². The van der Waals surface area contributed by atoms with Gasteiger partial charge in [0.1, 0.15) is 7.05 Å². The maximum atomic E-state index is 8.60. The molecule has 4 aliphatic rings. The molecule has 0 bridgehead atoms. The average molecular weight is 706 g/mol. The van der Waals surface area contributed by atoms with Crippen molar-refractivity contribution >= 4 is 27.7 Å². The molecule has 0 atom stereocenters. The molecule has 0 unspecified atom stereocenters. The highest BCUT2D eigenvalue weighted by Crippen LogP contribution is 2.54. The van der Waals surface area contributed by atoms with Crippen molar-refractivity contribution in [2.45, 2.75) is 72.6 Å². The Morgan fingerprint density at radius 3 is 2.22 bits per heavy atom. The smallest absolute Gasteiger partial charge is 0.210 e. The van der Waals surface area contributed by atoms with Crippen molar-refractivity contribution in [2.24, 2.45) is 10.8 Å². The van der Waals surface area contributed by atoms with E-state index in [4.69, 9.17) is 18.6 Å². The number of benzene rings is 3. The fraction of sp³-hybridized carbons (Fsp3) is 0.341. The Hall–Kier alpha value is -4.04. The first-order valence-corrected chi connectivity index (χ1v) is 18.9. The molecule has 3 aromatic carbocycles. The van der Waals surface area contributed by atoms with Crippen molar-refractivity contribution in [1.29, 1.82) is 0 Å². The second kappa shape index (κ2) is 13.5. The number of hydrogen-bond acceptors (Lipinski definition) is 5. The van der Waals surface area contributed by atoms with Gasteiger partial charge in [-0.15, -0.1) is 0 Å². The van der Waals surface area contributed by atoms with Crippen LogP contribution in [-0.4, -0.2) is 33.9 Å². The fourth-order valence-electron chi connectivity index (χ4n) is 9.00. The highest BCUT2D eigenvalue weighted by molar-refractivity contribution is 6.07. The van der Waals surface area contributed by atoms with E-state index >= 15 is 0 Å². The van der Waals surface area contributed by atoms with Crippen molar-refractivity contribution in [3.05, 3.63) is 142 Å². The highest BCUT2D eigenvalue weighted by atomic mass is 35.7. The number of nitrogens with zero attached hydrogens (tertiary/aromatic N) is 2. The Kier molecular flexibility index (Phi) is 9.72. The molecule has 7 rings (SSSR count). The van der Waals surface area contributed by atoms with Crippen molar-refractivity contribution < 1.29 is 33.5 Å². The van der Waals surface area contributed by atoms with Crippen molar-refractivity contribution in [3.8, 4) is 0 Å². The molecule has 0 fully saturated rings. The number of allylic oxidation sites excluding steroid dienone is 11. The number of fused-ring (bicyclic) bond motifs is 5. The molecule has 0 radical (unpaired) electrons. The fourth-order valence-corrected chi connectivity index (χ4v) is 9.00. The zero-order valence-electron chi connectivity index (χ0n) is 31.1. The largest absolute Gasteiger partial charge is 0.350 e. The Labute approximate surface area is 305 Å². The number of rotatable bonds is 4. The first-order chi connectivity index (χ1) is 23.9. The summed E-state index contributed by atoms with van der Waals surface area (Å²) < 4.78 is 35.1. The Morgan fingerprint density at radius 2 is 1.47 bits per heavy atom. The number of aryl methyl sites for hydroxylation is 1. The zero-order chi connectivity index (χ0) is 36.9. The van der Waals surface area contributed by atoms with E-state index < -0.39 is 10.2 Å². The minimum Gasteiger partial charge on any atom is -0.350 e. The van der Waals surface area contributed by atoms with E-state index in [1.165, 1.54) is 67.0 Å². The normalized spacial score (nSPS) is 22.1.